The van der Waals surface area contributed by atoms with Gasteiger partial charge in [-0.15, -0.1) is 0 Å². The summed E-state index contributed by atoms with van der Waals surface area (Å²) in [6.07, 6.45) is 0. The Hall–Kier alpha value is -1.60. The number of hydrogen-bond donors (Lipinski definition) is 3. The lowest BCUT2D eigenvalue weighted by Crippen LogP contribution is -2.20. The number of hydrogen-bond acceptors (Lipinski definition) is 5. The summed E-state index contributed by atoms with van der Waals surface area (Å²) in [5, 5.41) is 6.42. The van der Waals surface area contributed by atoms with Crippen molar-refractivity contribution < 1.29 is 4.79 Å². The molecule has 4 N–H and O–H groups in total. The Bertz CT molecular complexity index is 599. The lowest BCUT2D eigenvalue weighted by Gasteiger charge is -2.07. The first-order valence-corrected chi connectivity index (χ1v) is 7.14. The molecule has 0 aliphatic carbocycles. The molecule has 0 bridgehead atoms. The molecule has 0 aliphatic heterocycles. The van der Waals surface area contributed by atoms with Crippen LogP contribution >= 0.6 is 27.5 Å². The second-order valence-electron chi connectivity index (χ2n) is 3.80. The summed E-state index contributed by atoms with van der Waals surface area (Å²) in [6.45, 7) is 0.590. The van der Waals surface area contributed by atoms with Crippen LogP contribution in [-0.2, 0) is 6.54 Å². The number of benzene rings is 1. The van der Waals surface area contributed by atoms with Crippen molar-refractivity contribution >= 4 is 44.2 Å². The first-order valence-electron chi connectivity index (χ1n) is 5.58. The van der Waals surface area contributed by atoms with Crippen molar-refractivity contribution in [2.75, 3.05) is 18.1 Å². The van der Waals surface area contributed by atoms with E-state index >= 15 is 0 Å². The number of amides is 1. The lowest BCUT2D eigenvalue weighted by molar-refractivity contribution is 0.0965. The van der Waals surface area contributed by atoms with Gasteiger partial charge < -0.3 is 16.4 Å². The summed E-state index contributed by atoms with van der Waals surface area (Å²) in [4.78, 5) is 11.7. The van der Waals surface area contributed by atoms with Gasteiger partial charge in [-0.25, -0.2) is 0 Å². The van der Waals surface area contributed by atoms with Gasteiger partial charge in [0.05, 0.1) is 0 Å². The van der Waals surface area contributed by atoms with Crippen LogP contribution in [0.4, 0.5) is 10.8 Å². The van der Waals surface area contributed by atoms with E-state index in [1.54, 1.807) is 7.05 Å². The molecule has 0 spiro atoms. The summed E-state index contributed by atoms with van der Waals surface area (Å²) in [6, 6.07) is 7.88. The lowest BCUT2D eigenvalue weighted by atomic mass is 10.2. The Balaban J connectivity index is 2.17. The molecule has 0 aliphatic rings. The van der Waals surface area contributed by atoms with Crippen LogP contribution in [0.25, 0.3) is 0 Å². The molecule has 5 nitrogen and oxygen atoms in total. The van der Waals surface area contributed by atoms with Gasteiger partial charge in [-0.3, -0.25) is 4.79 Å². The zero-order valence-electron chi connectivity index (χ0n) is 10.2. The fraction of sp³-hybridized carbons (Fsp3) is 0.167. The number of aromatic nitrogens is 1. The van der Waals surface area contributed by atoms with E-state index in [2.05, 4.69) is 30.9 Å². The van der Waals surface area contributed by atoms with Crippen molar-refractivity contribution in [3.8, 4) is 0 Å². The Morgan fingerprint density at radius 1 is 1.47 bits per heavy atom. The number of nitrogens with two attached hydrogens (primary N) is 1. The van der Waals surface area contributed by atoms with E-state index in [9.17, 15) is 4.79 Å². The van der Waals surface area contributed by atoms with E-state index < -0.39 is 0 Å². The largest absolute Gasteiger partial charge is 0.382 e. The Kier molecular flexibility index (Phi) is 4.39. The number of carbonyl (C=O) groups is 1. The number of nitrogens with one attached hydrogen (secondary N) is 2. The summed E-state index contributed by atoms with van der Waals surface area (Å²) < 4.78 is 5.02. The molecule has 1 aromatic carbocycles. The van der Waals surface area contributed by atoms with Crippen LogP contribution in [-0.4, -0.2) is 17.3 Å². The number of halogens is 1. The van der Waals surface area contributed by atoms with Crippen molar-refractivity contribution in [1.82, 2.24) is 9.69 Å². The van der Waals surface area contributed by atoms with Crippen molar-refractivity contribution in [3.63, 3.8) is 0 Å². The highest BCUT2D eigenvalue weighted by Gasteiger charge is 2.17. The number of carbonyl (C=O) groups excluding carboxylic acids is 1. The molecule has 0 saturated heterocycles. The minimum atomic E-state index is -0.235. The van der Waals surface area contributed by atoms with Crippen LogP contribution in [0, 0.1) is 0 Å². The maximum absolute atomic E-state index is 11.7. The predicted octanol–water partition coefficient (Wildman–Crippen LogP) is 2.46. The molecule has 2 rings (SSSR count). The van der Waals surface area contributed by atoms with Crippen LogP contribution in [0.15, 0.2) is 28.7 Å². The highest BCUT2D eigenvalue weighted by molar-refractivity contribution is 9.10. The topological polar surface area (TPSA) is 80.0 Å². The summed E-state index contributed by atoms with van der Waals surface area (Å²) >= 11 is 4.66. The van der Waals surface area contributed by atoms with E-state index in [0.29, 0.717) is 17.1 Å². The van der Waals surface area contributed by atoms with Gasteiger partial charge in [0, 0.05) is 18.1 Å². The molecular weight excluding hydrogens is 328 g/mol. The van der Waals surface area contributed by atoms with Crippen molar-refractivity contribution in [2.45, 2.75) is 6.54 Å². The molecule has 0 fully saturated rings. The highest BCUT2D eigenvalue weighted by atomic mass is 79.9. The maximum atomic E-state index is 11.7. The third-order valence-corrected chi connectivity index (χ3v) is 4.16. The van der Waals surface area contributed by atoms with E-state index in [4.69, 9.17) is 5.73 Å². The molecule has 0 radical (unpaired) electrons. The minimum absolute atomic E-state index is 0.235. The summed E-state index contributed by atoms with van der Waals surface area (Å²) in [5.41, 5.74) is 7.20. The Morgan fingerprint density at radius 3 is 2.89 bits per heavy atom. The summed E-state index contributed by atoms with van der Waals surface area (Å²) in [7, 11) is 1.57. The molecule has 0 unspecified atom stereocenters. The molecule has 1 heterocycles. The Morgan fingerprint density at radius 2 is 2.21 bits per heavy atom. The zero-order valence-corrected chi connectivity index (χ0v) is 12.6. The van der Waals surface area contributed by atoms with Crippen LogP contribution in [0.5, 0.6) is 0 Å². The van der Waals surface area contributed by atoms with Crippen LogP contribution in [0.1, 0.15) is 15.9 Å². The normalized spacial score (nSPS) is 10.2. The van der Waals surface area contributed by atoms with Gasteiger partial charge in [0.25, 0.3) is 5.91 Å². The molecule has 19 heavy (non-hydrogen) atoms. The maximum Gasteiger partial charge on any atom is 0.257 e. The van der Waals surface area contributed by atoms with Crippen molar-refractivity contribution in [3.05, 3.63) is 39.9 Å². The van der Waals surface area contributed by atoms with Gasteiger partial charge in [-0.1, -0.05) is 34.1 Å². The molecular formula is C12H13BrN4OS. The summed E-state index contributed by atoms with van der Waals surface area (Å²) in [5.74, 6) is 0.0138. The van der Waals surface area contributed by atoms with Crippen LogP contribution < -0.4 is 16.4 Å². The Labute approximate surface area is 123 Å². The molecule has 1 amide bonds. The molecule has 7 heteroatoms. The number of nitrogen functional groups attached to an aromatic ring is 1. The van der Waals surface area contributed by atoms with E-state index in [-0.39, 0.29) is 11.7 Å². The third-order valence-electron chi connectivity index (χ3n) is 2.57. The average Bonchev–Trinajstić information content (AvgIpc) is 2.78. The third kappa shape index (κ3) is 3.05. The number of nitrogens with zero attached hydrogens (tertiary/aromatic N) is 1. The molecule has 0 saturated carbocycles. The van der Waals surface area contributed by atoms with Crippen molar-refractivity contribution in [1.29, 1.82) is 0 Å². The first-order chi connectivity index (χ1) is 9.13. The van der Waals surface area contributed by atoms with E-state index in [1.807, 2.05) is 24.3 Å². The fourth-order valence-electron chi connectivity index (χ4n) is 1.58. The van der Waals surface area contributed by atoms with Gasteiger partial charge in [0.1, 0.15) is 10.6 Å². The monoisotopic (exact) mass is 340 g/mol. The van der Waals surface area contributed by atoms with Gasteiger partial charge in [0.2, 0.25) is 0 Å². The van der Waals surface area contributed by atoms with E-state index in [0.717, 1.165) is 10.0 Å². The van der Waals surface area contributed by atoms with Crippen LogP contribution in [0.3, 0.4) is 0 Å². The quantitative estimate of drug-likeness (QED) is 0.798. The van der Waals surface area contributed by atoms with E-state index in [1.165, 1.54) is 11.5 Å². The molecule has 1 aromatic heterocycles. The van der Waals surface area contributed by atoms with Crippen molar-refractivity contribution in [2.24, 2.45) is 0 Å². The fourth-order valence-corrected chi connectivity index (χ4v) is 2.72. The second kappa shape index (κ2) is 6.03. The highest BCUT2D eigenvalue weighted by Crippen LogP contribution is 2.27. The van der Waals surface area contributed by atoms with Gasteiger partial charge in [-0.2, -0.15) is 4.37 Å². The number of anilines is 2. The number of rotatable bonds is 4. The average molecular weight is 341 g/mol. The SMILES string of the molecule is CNC(=O)c1c(N)nsc1NCc1ccccc1Br. The minimum Gasteiger partial charge on any atom is -0.382 e. The predicted molar refractivity (Wildman–Crippen MR) is 81.4 cm³/mol. The van der Waals surface area contributed by atoms with Gasteiger partial charge in [0.15, 0.2) is 5.82 Å². The molecule has 2 aromatic rings. The first kappa shape index (κ1) is 13.8. The standard InChI is InChI=1S/C12H13BrN4OS/c1-15-11(18)9-10(14)17-19-12(9)16-6-7-4-2-3-5-8(7)13/h2-5,16H,6H2,1H3,(H2,14,17)(H,15,18). The van der Waals surface area contributed by atoms with Crippen LogP contribution in [0.2, 0.25) is 0 Å². The molecule has 0 atom stereocenters. The molecule has 100 valence electrons. The second-order valence-corrected chi connectivity index (χ2v) is 5.42. The zero-order chi connectivity index (χ0) is 13.8. The van der Waals surface area contributed by atoms with Gasteiger partial charge >= 0.3 is 0 Å². The van der Waals surface area contributed by atoms with Gasteiger partial charge in [-0.05, 0) is 23.2 Å². The smallest absolute Gasteiger partial charge is 0.257 e.